The summed E-state index contributed by atoms with van der Waals surface area (Å²) in [5, 5.41) is 4.59. The summed E-state index contributed by atoms with van der Waals surface area (Å²) in [5.74, 6) is 0. The Balaban J connectivity index is 1.73. The zero-order valence-electron chi connectivity index (χ0n) is 12.9. The average molecular weight is 305 g/mol. The SMILES string of the molecule is Cc1nc2cc(NCC3CN(C)CCN3C)c(N)cc2s1. The third-order valence-corrected chi connectivity index (χ3v) is 5.11. The Labute approximate surface area is 129 Å². The summed E-state index contributed by atoms with van der Waals surface area (Å²) in [6, 6.07) is 4.61. The standard InChI is InChI=1S/C15H23N5S/c1-10-18-14-7-13(12(16)6-15(14)21-10)17-8-11-9-19(2)4-5-20(11)3/h6-7,11,17H,4-5,8-9,16H2,1-3H3. The third kappa shape index (κ3) is 3.12. The highest BCUT2D eigenvalue weighted by Gasteiger charge is 2.22. The van der Waals surface area contributed by atoms with Gasteiger partial charge in [0.05, 0.1) is 26.6 Å². The Hall–Kier alpha value is -1.37. The molecule has 3 rings (SSSR count). The summed E-state index contributed by atoms with van der Waals surface area (Å²) in [6.07, 6.45) is 0. The Kier molecular flexibility index (Phi) is 4.01. The van der Waals surface area contributed by atoms with Crippen LogP contribution in [0.15, 0.2) is 12.1 Å². The van der Waals surface area contributed by atoms with Gasteiger partial charge in [-0.15, -0.1) is 11.3 Å². The number of likely N-dealkylation sites (N-methyl/N-ethyl adjacent to an activating group) is 2. The van der Waals surface area contributed by atoms with E-state index in [0.29, 0.717) is 6.04 Å². The van der Waals surface area contributed by atoms with Crippen molar-refractivity contribution in [1.29, 1.82) is 0 Å². The van der Waals surface area contributed by atoms with E-state index in [4.69, 9.17) is 5.73 Å². The smallest absolute Gasteiger partial charge is 0.0907 e. The number of hydrogen-bond donors (Lipinski definition) is 2. The minimum absolute atomic E-state index is 0.510. The van der Waals surface area contributed by atoms with Gasteiger partial charge >= 0.3 is 0 Å². The number of aryl methyl sites for hydroxylation is 1. The van der Waals surface area contributed by atoms with Gasteiger partial charge in [0.1, 0.15) is 0 Å². The molecule has 2 heterocycles. The van der Waals surface area contributed by atoms with Gasteiger partial charge in [0.25, 0.3) is 0 Å². The molecule has 1 saturated heterocycles. The normalized spacial score (nSPS) is 21.0. The van der Waals surface area contributed by atoms with Crippen molar-refractivity contribution in [1.82, 2.24) is 14.8 Å². The highest BCUT2D eigenvalue weighted by atomic mass is 32.1. The van der Waals surface area contributed by atoms with Crippen LogP contribution in [0.1, 0.15) is 5.01 Å². The van der Waals surface area contributed by atoms with Crippen molar-refractivity contribution in [2.45, 2.75) is 13.0 Å². The first kappa shape index (κ1) is 14.6. The van der Waals surface area contributed by atoms with E-state index in [9.17, 15) is 0 Å². The number of nitrogens with one attached hydrogen (secondary N) is 1. The lowest BCUT2D eigenvalue weighted by Crippen LogP contribution is -2.52. The number of nitrogens with two attached hydrogens (primary N) is 1. The highest BCUT2D eigenvalue weighted by Crippen LogP contribution is 2.29. The van der Waals surface area contributed by atoms with Crippen LogP contribution >= 0.6 is 11.3 Å². The molecule has 1 aromatic heterocycles. The molecule has 0 aliphatic carbocycles. The first-order valence-electron chi connectivity index (χ1n) is 7.32. The third-order valence-electron chi connectivity index (χ3n) is 4.18. The highest BCUT2D eigenvalue weighted by molar-refractivity contribution is 7.18. The maximum absolute atomic E-state index is 6.17. The minimum Gasteiger partial charge on any atom is -0.397 e. The summed E-state index contributed by atoms with van der Waals surface area (Å²) in [6.45, 7) is 6.27. The van der Waals surface area contributed by atoms with Crippen LogP contribution in [0.4, 0.5) is 11.4 Å². The van der Waals surface area contributed by atoms with Crippen molar-refractivity contribution in [2.24, 2.45) is 0 Å². The number of rotatable bonds is 3. The van der Waals surface area contributed by atoms with E-state index >= 15 is 0 Å². The molecule has 1 unspecified atom stereocenters. The Morgan fingerprint density at radius 2 is 2.19 bits per heavy atom. The second kappa shape index (κ2) is 5.79. The number of benzene rings is 1. The van der Waals surface area contributed by atoms with E-state index in [1.54, 1.807) is 11.3 Å². The largest absolute Gasteiger partial charge is 0.397 e. The molecular weight excluding hydrogens is 282 g/mol. The lowest BCUT2D eigenvalue weighted by Gasteiger charge is -2.38. The van der Waals surface area contributed by atoms with Crippen LogP contribution in [0.3, 0.4) is 0 Å². The van der Waals surface area contributed by atoms with Gasteiger partial charge < -0.3 is 16.0 Å². The van der Waals surface area contributed by atoms with Gasteiger partial charge in [0.2, 0.25) is 0 Å². The summed E-state index contributed by atoms with van der Waals surface area (Å²) in [5.41, 5.74) is 9.00. The van der Waals surface area contributed by atoms with Crippen LogP contribution in [-0.2, 0) is 0 Å². The molecule has 1 atom stereocenters. The van der Waals surface area contributed by atoms with Gasteiger partial charge in [-0.25, -0.2) is 4.98 Å². The molecule has 0 bridgehead atoms. The molecule has 0 amide bonds. The first-order chi connectivity index (χ1) is 10.0. The summed E-state index contributed by atoms with van der Waals surface area (Å²) >= 11 is 1.69. The average Bonchev–Trinajstić information content (AvgIpc) is 2.78. The van der Waals surface area contributed by atoms with E-state index in [1.165, 1.54) is 0 Å². The monoisotopic (exact) mass is 305 g/mol. The molecule has 114 valence electrons. The first-order valence-corrected chi connectivity index (χ1v) is 8.14. The molecule has 1 fully saturated rings. The van der Waals surface area contributed by atoms with E-state index in [2.05, 4.69) is 40.3 Å². The van der Waals surface area contributed by atoms with E-state index in [1.807, 2.05) is 13.0 Å². The zero-order valence-corrected chi connectivity index (χ0v) is 13.7. The van der Waals surface area contributed by atoms with Crippen LogP contribution in [0.5, 0.6) is 0 Å². The fourth-order valence-corrected chi connectivity index (χ4v) is 3.66. The topological polar surface area (TPSA) is 57.4 Å². The maximum Gasteiger partial charge on any atom is 0.0907 e. The quantitative estimate of drug-likeness (QED) is 0.848. The fourth-order valence-electron chi connectivity index (χ4n) is 2.81. The van der Waals surface area contributed by atoms with Crippen LogP contribution < -0.4 is 11.1 Å². The van der Waals surface area contributed by atoms with Crippen LogP contribution in [0.2, 0.25) is 0 Å². The predicted octanol–water partition coefficient (Wildman–Crippen LogP) is 1.84. The molecular formula is C15H23N5S. The summed E-state index contributed by atoms with van der Waals surface area (Å²) in [4.78, 5) is 9.33. The Bertz CT molecular complexity index is 638. The van der Waals surface area contributed by atoms with Crippen molar-refractivity contribution in [2.75, 3.05) is 51.3 Å². The lowest BCUT2D eigenvalue weighted by atomic mass is 10.1. The van der Waals surface area contributed by atoms with Gasteiger partial charge in [0.15, 0.2) is 0 Å². The predicted molar refractivity (Wildman–Crippen MR) is 91.2 cm³/mol. The van der Waals surface area contributed by atoms with Gasteiger partial charge in [-0.3, -0.25) is 4.90 Å². The number of hydrogen-bond acceptors (Lipinski definition) is 6. The van der Waals surface area contributed by atoms with Crippen molar-refractivity contribution in [3.05, 3.63) is 17.1 Å². The van der Waals surface area contributed by atoms with E-state index in [-0.39, 0.29) is 0 Å². The maximum atomic E-state index is 6.17. The number of aromatic nitrogens is 1. The van der Waals surface area contributed by atoms with Crippen LogP contribution in [-0.4, -0.2) is 61.1 Å². The number of thiazole rings is 1. The Morgan fingerprint density at radius 3 is 3.00 bits per heavy atom. The molecule has 5 nitrogen and oxygen atoms in total. The second-order valence-corrected chi connectivity index (χ2v) is 7.15. The van der Waals surface area contributed by atoms with E-state index in [0.717, 1.165) is 52.8 Å². The molecule has 2 aromatic rings. The lowest BCUT2D eigenvalue weighted by molar-refractivity contribution is 0.122. The molecule has 0 spiro atoms. The van der Waals surface area contributed by atoms with Gasteiger partial charge in [-0.1, -0.05) is 0 Å². The number of nitrogens with zero attached hydrogens (tertiary/aromatic N) is 3. The van der Waals surface area contributed by atoms with Crippen molar-refractivity contribution in [3.8, 4) is 0 Å². The van der Waals surface area contributed by atoms with Crippen LogP contribution in [0.25, 0.3) is 10.2 Å². The molecule has 1 aromatic carbocycles. The number of nitrogen functional groups attached to an aromatic ring is 1. The van der Waals surface area contributed by atoms with Crippen molar-refractivity contribution in [3.63, 3.8) is 0 Å². The van der Waals surface area contributed by atoms with Gasteiger partial charge in [-0.05, 0) is 33.2 Å². The molecule has 3 N–H and O–H groups in total. The second-order valence-electron chi connectivity index (χ2n) is 5.92. The molecule has 1 aliphatic heterocycles. The van der Waals surface area contributed by atoms with Gasteiger partial charge in [-0.2, -0.15) is 0 Å². The van der Waals surface area contributed by atoms with Gasteiger partial charge in [0, 0.05) is 32.2 Å². The van der Waals surface area contributed by atoms with Crippen molar-refractivity contribution >= 4 is 32.9 Å². The molecule has 1 aliphatic rings. The summed E-state index contributed by atoms with van der Waals surface area (Å²) in [7, 11) is 4.37. The summed E-state index contributed by atoms with van der Waals surface area (Å²) < 4.78 is 1.16. The molecule has 6 heteroatoms. The van der Waals surface area contributed by atoms with Crippen LogP contribution in [0, 0.1) is 6.92 Å². The number of fused-ring (bicyclic) bond motifs is 1. The number of anilines is 2. The zero-order chi connectivity index (χ0) is 15.0. The molecule has 21 heavy (non-hydrogen) atoms. The van der Waals surface area contributed by atoms with Crippen molar-refractivity contribution < 1.29 is 0 Å². The molecule has 0 radical (unpaired) electrons. The molecule has 0 saturated carbocycles. The Morgan fingerprint density at radius 1 is 1.38 bits per heavy atom. The minimum atomic E-state index is 0.510. The number of piperazine rings is 1. The fraction of sp³-hybridized carbons (Fsp3) is 0.533. The van der Waals surface area contributed by atoms with E-state index < -0.39 is 0 Å².